The van der Waals surface area contributed by atoms with Crippen LogP contribution in [0.25, 0.3) is 32.9 Å². The van der Waals surface area contributed by atoms with Gasteiger partial charge in [0.2, 0.25) is 0 Å². The molecule has 1 saturated carbocycles. The van der Waals surface area contributed by atoms with Crippen molar-refractivity contribution in [2.24, 2.45) is 5.73 Å². The van der Waals surface area contributed by atoms with Crippen LogP contribution in [0.2, 0.25) is 18.1 Å². The lowest BCUT2D eigenvalue weighted by molar-refractivity contribution is 0.0990. The van der Waals surface area contributed by atoms with Crippen molar-refractivity contribution in [2.75, 3.05) is 4.90 Å². The molecule has 0 spiro atoms. The number of carbonyl (C=O) groups excluding carboxylic acids is 2. The highest BCUT2D eigenvalue weighted by Gasteiger charge is 2.52. The van der Waals surface area contributed by atoms with Gasteiger partial charge in [-0.1, -0.05) is 69.3 Å². The number of benzene rings is 4. The molecule has 224 valence electrons. The molecule has 3 N–H and O–H groups in total. The number of aromatic amines is 1. The first-order chi connectivity index (χ1) is 20.8. The van der Waals surface area contributed by atoms with Gasteiger partial charge in [0.15, 0.2) is 8.32 Å². The lowest BCUT2D eigenvalue weighted by atomic mass is 9.92. The predicted molar refractivity (Wildman–Crippen MR) is 181 cm³/mol. The van der Waals surface area contributed by atoms with E-state index in [9.17, 15) is 9.59 Å². The van der Waals surface area contributed by atoms with E-state index in [1.54, 1.807) is 0 Å². The summed E-state index contributed by atoms with van der Waals surface area (Å²) in [6, 6.07) is 24.2. The molecule has 4 aromatic carbocycles. The minimum atomic E-state index is -1.98. The molecule has 2 aliphatic rings. The largest absolute Gasteiger partial charge is 0.407 e. The Morgan fingerprint density at radius 1 is 0.955 bits per heavy atom. The molecule has 6 nitrogen and oxygen atoms in total. The standard InChI is InChI=1S/C37H39N3O3Si/c1-22-25(12-9-13-31(22)40-21-23-10-7-8-11-26(23)35(40)42)27-16-17-29(34(38)41)33-32(27)28-15-14-24(20-30(28)39-33)37(18-19-37)43-44(5,6)36(2,3)4/h7-17,20,39H,18-19,21H2,1-6H3,(H2,38,41). The summed E-state index contributed by atoms with van der Waals surface area (Å²) < 4.78 is 6.99. The molecule has 0 atom stereocenters. The van der Waals surface area contributed by atoms with Crippen LogP contribution in [0.5, 0.6) is 0 Å². The molecular formula is C37H39N3O3Si. The van der Waals surface area contributed by atoms with Crippen molar-refractivity contribution < 1.29 is 14.0 Å². The second kappa shape index (κ2) is 9.65. The first-order valence-corrected chi connectivity index (χ1v) is 18.3. The van der Waals surface area contributed by atoms with Crippen molar-refractivity contribution >= 4 is 47.6 Å². The number of hydrogen-bond acceptors (Lipinski definition) is 3. The highest BCUT2D eigenvalue weighted by Crippen LogP contribution is 2.55. The quantitative estimate of drug-likeness (QED) is 0.191. The number of fused-ring (bicyclic) bond motifs is 4. The Balaban J connectivity index is 1.36. The maximum atomic E-state index is 13.4. The molecule has 1 aromatic heterocycles. The Labute approximate surface area is 259 Å². The van der Waals surface area contributed by atoms with Crippen molar-refractivity contribution in [2.45, 2.75) is 70.8 Å². The van der Waals surface area contributed by atoms with Crippen molar-refractivity contribution in [3.05, 3.63) is 101 Å². The molecule has 1 aliphatic heterocycles. The zero-order valence-electron chi connectivity index (χ0n) is 26.3. The van der Waals surface area contributed by atoms with Crippen molar-refractivity contribution in [1.82, 2.24) is 4.98 Å². The van der Waals surface area contributed by atoms with Gasteiger partial charge in [-0.15, -0.1) is 0 Å². The van der Waals surface area contributed by atoms with E-state index >= 15 is 0 Å². The molecular weight excluding hydrogens is 563 g/mol. The molecule has 44 heavy (non-hydrogen) atoms. The van der Waals surface area contributed by atoms with E-state index in [4.69, 9.17) is 10.2 Å². The third-order valence-electron chi connectivity index (χ3n) is 10.2. The van der Waals surface area contributed by atoms with Gasteiger partial charge in [0.05, 0.1) is 23.2 Å². The number of primary amides is 1. The van der Waals surface area contributed by atoms with Crippen LogP contribution in [-0.2, 0) is 16.6 Å². The van der Waals surface area contributed by atoms with Gasteiger partial charge in [-0.05, 0) is 90.0 Å². The van der Waals surface area contributed by atoms with E-state index in [-0.39, 0.29) is 16.5 Å². The number of amides is 2. The van der Waals surface area contributed by atoms with E-state index in [0.29, 0.717) is 12.1 Å². The normalized spacial score (nSPS) is 16.1. The molecule has 7 rings (SSSR count). The molecule has 1 aliphatic carbocycles. The second-order valence-corrected chi connectivity index (χ2v) is 18.7. The van der Waals surface area contributed by atoms with E-state index in [2.05, 4.69) is 70.0 Å². The summed E-state index contributed by atoms with van der Waals surface area (Å²) in [5, 5.41) is 2.10. The van der Waals surface area contributed by atoms with E-state index in [1.807, 2.05) is 53.4 Å². The molecule has 0 saturated heterocycles. The number of nitrogens with two attached hydrogens (primary N) is 1. The average Bonchev–Trinajstić information content (AvgIpc) is 3.52. The monoisotopic (exact) mass is 601 g/mol. The minimum Gasteiger partial charge on any atom is -0.407 e. The van der Waals surface area contributed by atoms with E-state index in [1.165, 1.54) is 5.56 Å². The van der Waals surface area contributed by atoms with Crippen LogP contribution in [0.15, 0.2) is 72.8 Å². The minimum absolute atomic E-state index is 0.0172. The smallest absolute Gasteiger partial charge is 0.258 e. The molecule has 2 heterocycles. The molecule has 2 amide bonds. The number of H-pyrrole nitrogens is 1. The average molecular weight is 602 g/mol. The van der Waals surface area contributed by atoms with E-state index < -0.39 is 14.2 Å². The second-order valence-electron chi connectivity index (χ2n) is 14.0. The van der Waals surface area contributed by atoms with Crippen LogP contribution in [0, 0.1) is 6.92 Å². The maximum absolute atomic E-state index is 13.4. The van der Waals surface area contributed by atoms with Gasteiger partial charge < -0.3 is 20.0 Å². The van der Waals surface area contributed by atoms with Gasteiger partial charge in [0, 0.05) is 27.5 Å². The van der Waals surface area contributed by atoms with Gasteiger partial charge in [0.25, 0.3) is 11.8 Å². The number of carbonyl (C=O) groups is 2. The highest BCUT2D eigenvalue weighted by molar-refractivity contribution is 6.74. The summed E-state index contributed by atoms with van der Waals surface area (Å²) >= 11 is 0. The Hall–Kier alpha value is -4.20. The zero-order chi connectivity index (χ0) is 31.2. The number of aromatic nitrogens is 1. The van der Waals surface area contributed by atoms with Crippen molar-refractivity contribution in [3.8, 4) is 11.1 Å². The van der Waals surface area contributed by atoms with Crippen LogP contribution < -0.4 is 10.6 Å². The van der Waals surface area contributed by atoms with Gasteiger partial charge in [-0.25, -0.2) is 0 Å². The third kappa shape index (κ3) is 4.32. The van der Waals surface area contributed by atoms with Crippen LogP contribution >= 0.6 is 0 Å². The maximum Gasteiger partial charge on any atom is 0.258 e. The molecule has 0 unspecified atom stereocenters. The molecule has 0 bridgehead atoms. The van der Waals surface area contributed by atoms with Gasteiger partial charge in [-0.2, -0.15) is 0 Å². The van der Waals surface area contributed by atoms with E-state index in [0.717, 1.165) is 68.2 Å². The molecule has 1 fully saturated rings. The highest BCUT2D eigenvalue weighted by atomic mass is 28.4. The Morgan fingerprint density at radius 2 is 1.68 bits per heavy atom. The lowest BCUT2D eigenvalue weighted by Crippen LogP contribution is -2.44. The topological polar surface area (TPSA) is 88.4 Å². The fourth-order valence-electron chi connectivity index (χ4n) is 6.59. The SMILES string of the molecule is Cc1c(-c2ccc(C(N)=O)c3[nH]c4cc(C5(O[Si](C)(C)C(C)(C)C)CC5)ccc4c23)cccc1N1Cc2ccccc2C1=O. The summed E-state index contributed by atoms with van der Waals surface area (Å²) in [5.41, 5.74) is 14.6. The summed E-state index contributed by atoms with van der Waals surface area (Å²) in [6.45, 7) is 14.1. The fraction of sp³-hybridized carbons (Fsp3) is 0.297. The van der Waals surface area contributed by atoms with Gasteiger partial charge in [-0.3, -0.25) is 9.59 Å². The Bertz CT molecular complexity index is 2010. The Kier molecular flexibility index (Phi) is 6.26. The van der Waals surface area contributed by atoms with Crippen LogP contribution in [0.1, 0.15) is 71.0 Å². The fourth-order valence-corrected chi connectivity index (χ4v) is 8.19. The first kappa shape index (κ1) is 28.6. The number of rotatable bonds is 6. The number of hydrogen-bond donors (Lipinski definition) is 2. The van der Waals surface area contributed by atoms with Crippen molar-refractivity contribution in [1.29, 1.82) is 0 Å². The van der Waals surface area contributed by atoms with Gasteiger partial charge >= 0.3 is 0 Å². The summed E-state index contributed by atoms with van der Waals surface area (Å²) in [4.78, 5) is 31.4. The number of anilines is 1. The third-order valence-corrected chi connectivity index (χ3v) is 14.7. The summed E-state index contributed by atoms with van der Waals surface area (Å²) in [6.07, 6.45) is 2.02. The molecule has 0 radical (unpaired) electrons. The first-order valence-electron chi connectivity index (χ1n) is 15.4. The number of nitrogens with one attached hydrogen (secondary N) is 1. The number of nitrogens with zero attached hydrogens (tertiary/aromatic N) is 1. The van der Waals surface area contributed by atoms with Gasteiger partial charge in [0.1, 0.15) is 0 Å². The Morgan fingerprint density at radius 3 is 2.36 bits per heavy atom. The predicted octanol–water partition coefficient (Wildman–Crippen LogP) is 8.57. The summed E-state index contributed by atoms with van der Waals surface area (Å²) in [7, 11) is -1.98. The van der Waals surface area contributed by atoms with Crippen LogP contribution in [0.3, 0.4) is 0 Å². The summed E-state index contributed by atoms with van der Waals surface area (Å²) in [5.74, 6) is -0.456. The molecule has 7 heteroatoms. The molecule has 5 aromatic rings. The zero-order valence-corrected chi connectivity index (χ0v) is 27.3. The van der Waals surface area contributed by atoms with Crippen LogP contribution in [0.4, 0.5) is 5.69 Å². The van der Waals surface area contributed by atoms with Crippen LogP contribution in [-0.4, -0.2) is 25.1 Å². The van der Waals surface area contributed by atoms with Crippen molar-refractivity contribution in [3.63, 3.8) is 0 Å². The lowest BCUT2D eigenvalue weighted by Gasteiger charge is -2.39.